The van der Waals surface area contributed by atoms with E-state index in [2.05, 4.69) is 16.8 Å². The number of hydrogen-bond acceptors (Lipinski definition) is 4. The van der Waals surface area contributed by atoms with Crippen molar-refractivity contribution in [2.45, 2.75) is 32.6 Å². The van der Waals surface area contributed by atoms with Gasteiger partial charge in [-0.25, -0.2) is 0 Å². The molecule has 0 unspecified atom stereocenters. The smallest absolute Gasteiger partial charge is 0.298 e. The van der Waals surface area contributed by atoms with Gasteiger partial charge in [0.2, 0.25) is 0 Å². The van der Waals surface area contributed by atoms with Crippen LogP contribution in [0.1, 0.15) is 32.6 Å². The van der Waals surface area contributed by atoms with Crippen molar-refractivity contribution in [1.82, 2.24) is 4.98 Å². The summed E-state index contributed by atoms with van der Waals surface area (Å²) in [6.45, 7) is 4.36. The zero-order valence-corrected chi connectivity index (χ0v) is 11.4. The number of hydrogen-bond donors (Lipinski definition) is 1. The lowest BCUT2D eigenvalue weighted by atomic mass is 9.93. The molecule has 0 saturated carbocycles. The Hall–Kier alpha value is -1.71. The molecule has 2 heterocycles. The Kier molecular flexibility index (Phi) is 3.32. The van der Waals surface area contributed by atoms with Crippen LogP contribution in [0.25, 0.3) is 11.1 Å². The van der Waals surface area contributed by atoms with E-state index in [1.165, 1.54) is 25.7 Å². The van der Waals surface area contributed by atoms with Gasteiger partial charge in [-0.15, -0.1) is 0 Å². The topological polar surface area (TPSA) is 55.3 Å². The lowest BCUT2D eigenvalue weighted by Crippen LogP contribution is -2.33. The highest BCUT2D eigenvalue weighted by molar-refractivity contribution is 5.78. The monoisotopic (exact) mass is 259 g/mol. The minimum absolute atomic E-state index is 0.719. The van der Waals surface area contributed by atoms with Crippen molar-refractivity contribution < 1.29 is 4.42 Å². The van der Waals surface area contributed by atoms with Crippen molar-refractivity contribution >= 4 is 22.8 Å². The van der Waals surface area contributed by atoms with Crippen LogP contribution in [0.5, 0.6) is 0 Å². The van der Waals surface area contributed by atoms with Crippen LogP contribution in [0.2, 0.25) is 0 Å². The van der Waals surface area contributed by atoms with Gasteiger partial charge in [0, 0.05) is 24.8 Å². The van der Waals surface area contributed by atoms with Crippen LogP contribution in [-0.4, -0.2) is 18.1 Å². The highest BCUT2D eigenvalue weighted by Crippen LogP contribution is 2.28. The van der Waals surface area contributed by atoms with E-state index >= 15 is 0 Å². The summed E-state index contributed by atoms with van der Waals surface area (Å²) in [4.78, 5) is 6.80. The summed E-state index contributed by atoms with van der Waals surface area (Å²) in [5.74, 6) is 0.876. The molecule has 3 rings (SSSR count). The fourth-order valence-corrected chi connectivity index (χ4v) is 2.89. The van der Waals surface area contributed by atoms with Crippen LogP contribution in [0.4, 0.5) is 11.7 Å². The number of oxazole rings is 1. The molecule has 0 atom stereocenters. The normalized spacial score (nSPS) is 17.2. The molecule has 0 bridgehead atoms. The van der Waals surface area contributed by atoms with Gasteiger partial charge in [0.1, 0.15) is 5.52 Å². The summed E-state index contributed by atoms with van der Waals surface area (Å²) in [6, 6.07) is 6.37. The first-order chi connectivity index (χ1) is 9.26. The van der Waals surface area contributed by atoms with E-state index in [-0.39, 0.29) is 0 Å². The van der Waals surface area contributed by atoms with Crippen molar-refractivity contribution in [2.75, 3.05) is 23.7 Å². The highest BCUT2D eigenvalue weighted by Gasteiger charge is 2.22. The Morgan fingerprint density at radius 3 is 2.89 bits per heavy atom. The van der Waals surface area contributed by atoms with Gasteiger partial charge in [-0.1, -0.05) is 19.8 Å². The van der Waals surface area contributed by atoms with Crippen molar-refractivity contribution in [2.24, 2.45) is 5.92 Å². The van der Waals surface area contributed by atoms with Gasteiger partial charge in [0.25, 0.3) is 6.01 Å². The average Bonchev–Trinajstić information content (AvgIpc) is 2.83. The summed E-state index contributed by atoms with van der Waals surface area (Å²) in [6.07, 6.45) is 5.12. The molecule has 1 aromatic heterocycles. The molecule has 1 aliphatic heterocycles. The summed E-state index contributed by atoms with van der Waals surface area (Å²) >= 11 is 0. The van der Waals surface area contributed by atoms with Crippen molar-refractivity contribution in [3.8, 4) is 0 Å². The maximum Gasteiger partial charge on any atom is 0.298 e. The summed E-state index contributed by atoms with van der Waals surface area (Å²) < 4.78 is 5.82. The third-order valence-corrected chi connectivity index (χ3v) is 3.98. The number of rotatable bonds is 3. The molecule has 0 aliphatic carbocycles. The summed E-state index contributed by atoms with van der Waals surface area (Å²) in [7, 11) is 0. The molecule has 4 nitrogen and oxygen atoms in total. The van der Waals surface area contributed by atoms with Gasteiger partial charge in [-0.2, -0.15) is 4.98 Å². The third-order valence-electron chi connectivity index (χ3n) is 3.98. The lowest BCUT2D eigenvalue weighted by Gasteiger charge is -2.30. The number of piperidine rings is 1. The maximum absolute atomic E-state index is 5.82. The number of anilines is 2. The van der Waals surface area contributed by atoms with Gasteiger partial charge in [-0.05, 0) is 30.9 Å². The molecule has 0 radical (unpaired) electrons. The van der Waals surface area contributed by atoms with Crippen LogP contribution in [0.15, 0.2) is 22.6 Å². The number of nitrogens with zero attached hydrogens (tertiary/aromatic N) is 2. The maximum atomic E-state index is 5.82. The van der Waals surface area contributed by atoms with E-state index < -0.39 is 0 Å². The van der Waals surface area contributed by atoms with Crippen molar-refractivity contribution in [1.29, 1.82) is 0 Å². The van der Waals surface area contributed by atoms with Gasteiger partial charge in [0.15, 0.2) is 5.58 Å². The molecular weight excluding hydrogens is 238 g/mol. The molecule has 2 aromatic rings. The first kappa shape index (κ1) is 12.3. The van der Waals surface area contributed by atoms with Crippen molar-refractivity contribution in [3.05, 3.63) is 18.2 Å². The Morgan fingerprint density at radius 2 is 2.16 bits per heavy atom. The van der Waals surface area contributed by atoms with E-state index in [1.54, 1.807) is 0 Å². The largest absolute Gasteiger partial charge is 0.423 e. The standard InChI is InChI=1S/C15H21N3O/c1-2-3-11-6-8-18(9-7-11)15-17-13-5-4-12(16)10-14(13)19-15/h4-5,10-11H,2-3,6-9,16H2,1H3. The fraction of sp³-hybridized carbons (Fsp3) is 0.533. The second kappa shape index (κ2) is 5.11. The summed E-state index contributed by atoms with van der Waals surface area (Å²) in [5.41, 5.74) is 8.15. The number of aromatic nitrogens is 1. The quantitative estimate of drug-likeness (QED) is 0.858. The average molecular weight is 259 g/mol. The van der Waals surface area contributed by atoms with Crippen molar-refractivity contribution in [3.63, 3.8) is 0 Å². The van der Waals surface area contributed by atoms with Gasteiger partial charge >= 0.3 is 0 Å². The molecule has 102 valence electrons. The Bertz CT molecular complexity index is 556. The van der Waals surface area contributed by atoms with Crippen LogP contribution >= 0.6 is 0 Å². The highest BCUT2D eigenvalue weighted by atomic mass is 16.4. The molecule has 2 N–H and O–H groups in total. The Morgan fingerprint density at radius 1 is 1.37 bits per heavy atom. The van der Waals surface area contributed by atoms with E-state index in [0.29, 0.717) is 0 Å². The first-order valence-corrected chi connectivity index (χ1v) is 7.17. The first-order valence-electron chi connectivity index (χ1n) is 7.17. The molecule has 1 aromatic carbocycles. The second-order valence-corrected chi connectivity index (χ2v) is 5.44. The van der Waals surface area contributed by atoms with E-state index in [9.17, 15) is 0 Å². The van der Waals surface area contributed by atoms with Gasteiger partial charge in [-0.3, -0.25) is 0 Å². The second-order valence-electron chi connectivity index (χ2n) is 5.44. The third kappa shape index (κ3) is 2.53. The predicted octanol–water partition coefficient (Wildman–Crippen LogP) is 3.43. The fourth-order valence-electron chi connectivity index (χ4n) is 2.89. The van der Waals surface area contributed by atoms with Crippen LogP contribution in [0, 0.1) is 5.92 Å². The van der Waals surface area contributed by atoms with Crippen LogP contribution in [-0.2, 0) is 0 Å². The van der Waals surface area contributed by atoms with Gasteiger partial charge < -0.3 is 15.1 Å². The molecule has 4 heteroatoms. The zero-order valence-electron chi connectivity index (χ0n) is 11.4. The molecule has 0 amide bonds. The number of nitrogens with two attached hydrogens (primary N) is 1. The molecule has 1 aliphatic rings. The molecule has 1 fully saturated rings. The molecule has 19 heavy (non-hydrogen) atoms. The Balaban J connectivity index is 1.74. The SMILES string of the molecule is CCCC1CCN(c2nc3ccc(N)cc3o2)CC1. The van der Waals surface area contributed by atoms with E-state index in [1.807, 2.05) is 18.2 Å². The number of benzene rings is 1. The van der Waals surface area contributed by atoms with Crippen LogP contribution < -0.4 is 10.6 Å². The zero-order chi connectivity index (χ0) is 13.2. The van der Waals surface area contributed by atoms with Crippen LogP contribution in [0.3, 0.4) is 0 Å². The molecule has 0 spiro atoms. The number of nitrogen functional groups attached to an aromatic ring is 1. The minimum Gasteiger partial charge on any atom is -0.423 e. The van der Waals surface area contributed by atoms with Gasteiger partial charge in [0.05, 0.1) is 0 Å². The van der Waals surface area contributed by atoms with E-state index in [4.69, 9.17) is 10.2 Å². The van der Waals surface area contributed by atoms with E-state index in [0.717, 1.165) is 41.8 Å². The number of fused-ring (bicyclic) bond motifs is 1. The molecular formula is C15H21N3O. The Labute approximate surface area is 113 Å². The predicted molar refractivity (Wildman–Crippen MR) is 78.3 cm³/mol. The summed E-state index contributed by atoms with van der Waals surface area (Å²) in [5, 5.41) is 0. The minimum atomic E-state index is 0.719. The molecule has 1 saturated heterocycles. The lowest BCUT2D eigenvalue weighted by molar-refractivity contribution is 0.367.